The standard InChI is InChI=1S/C20H29F3N2O.ClH/c21-20(22,23)19-8-13-5-14(9-19)7-18(6-13,12-19)17(26)25-3-1-15-10-24-11-16(15)2-4-25;/h13-16,24H,1-12H2;1H/t13?,14?,15-,16+,18?,19?;. The molecule has 0 aromatic rings. The van der Waals surface area contributed by atoms with Crippen LogP contribution in [-0.2, 0) is 4.79 Å². The van der Waals surface area contributed by atoms with E-state index in [9.17, 15) is 18.0 Å². The molecular weight excluding hydrogens is 377 g/mol. The highest BCUT2D eigenvalue weighted by molar-refractivity contribution is 5.85. The Balaban J connectivity index is 0.00000180. The molecule has 2 unspecified atom stereocenters. The van der Waals surface area contributed by atoms with E-state index in [1.807, 2.05) is 4.90 Å². The van der Waals surface area contributed by atoms with E-state index in [2.05, 4.69) is 5.32 Å². The minimum Gasteiger partial charge on any atom is -0.342 e. The lowest BCUT2D eigenvalue weighted by atomic mass is 9.43. The molecule has 27 heavy (non-hydrogen) atoms. The predicted octanol–water partition coefficient (Wildman–Crippen LogP) is 4.02. The van der Waals surface area contributed by atoms with Crippen molar-refractivity contribution in [2.75, 3.05) is 26.2 Å². The van der Waals surface area contributed by atoms with Crippen LogP contribution < -0.4 is 5.32 Å². The van der Waals surface area contributed by atoms with Crippen LogP contribution in [0.3, 0.4) is 0 Å². The number of hydrogen-bond donors (Lipinski definition) is 1. The predicted molar refractivity (Wildman–Crippen MR) is 98.5 cm³/mol. The number of halogens is 4. The molecule has 6 fully saturated rings. The molecular formula is C20H30ClF3N2O. The first-order valence-corrected chi connectivity index (χ1v) is 10.4. The number of nitrogens with zero attached hydrogens (tertiary/aromatic N) is 1. The van der Waals surface area contributed by atoms with Crippen molar-refractivity contribution in [3.05, 3.63) is 0 Å². The maximum absolute atomic E-state index is 14.0. The van der Waals surface area contributed by atoms with Gasteiger partial charge in [0.05, 0.1) is 10.8 Å². The molecule has 4 saturated carbocycles. The van der Waals surface area contributed by atoms with Crippen molar-refractivity contribution < 1.29 is 18.0 Å². The second-order valence-electron chi connectivity index (χ2n) is 10.1. The number of nitrogens with one attached hydrogen (secondary N) is 1. The molecule has 2 aliphatic heterocycles. The molecule has 6 aliphatic rings. The number of rotatable bonds is 1. The summed E-state index contributed by atoms with van der Waals surface area (Å²) in [6, 6.07) is 0. The Kier molecular flexibility index (Phi) is 4.78. The van der Waals surface area contributed by atoms with Crippen molar-refractivity contribution in [1.29, 1.82) is 0 Å². The zero-order valence-electron chi connectivity index (χ0n) is 15.7. The van der Waals surface area contributed by atoms with Crippen LogP contribution in [0.25, 0.3) is 0 Å². The highest BCUT2D eigenvalue weighted by atomic mass is 35.5. The van der Waals surface area contributed by atoms with Crippen LogP contribution in [0.15, 0.2) is 0 Å². The van der Waals surface area contributed by atoms with E-state index in [0.29, 0.717) is 24.7 Å². The molecule has 1 N–H and O–H groups in total. The zero-order valence-corrected chi connectivity index (χ0v) is 16.5. The molecule has 4 aliphatic carbocycles. The molecule has 6 rings (SSSR count). The first kappa shape index (κ1) is 19.8. The molecule has 0 aromatic heterocycles. The van der Waals surface area contributed by atoms with Crippen molar-refractivity contribution in [1.82, 2.24) is 10.2 Å². The van der Waals surface area contributed by atoms with Gasteiger partial charge in [0, 0.05) is 13.1 Å². The summed E-state index contributed by atoms with van der Waals surface area (Å²) in [5.41, 5.74) is -2.31. The van der Waals surface area contributed by atoms with E-state index < -0.39 is 17.0 Å². The first-order valence-electron chi connectivity index (χ1n) is 10.4. The lowest BCUT2D eigenvalue weighted by molar-refractivity contribution is -0.284. The van der Waals surface area contributed by atoms with Gasteiger partial charge in [-0.3, -0.25) is 4.79 Å². The van der Waals surface area contributed by atoms with Crippen molar-refractivity contribution in [2.24, 2.45) is 34.5 Å². The minimum absolute atomic E-state index is 0. The van der Waals surface area contributed by atoms with Gasteiger partial charge >= 0.3 is 6.18 Å². The maximum atomic E-state index is 14.0. The van der Waals surface area contributed by atoms with E-state index >= 15 is 0 Å². The summed E-state index contributed by atoms with van der Waals surface area (Å²) >= 11 is 0. The molecule has 1 amide bonds. The largest absolute Gasteiger partial charge is 0.394 e. The van der Waals surface area contributed by atoms with E-state index in [4.69, 9.17) is 0 Å². The van der Waals surface area contributed by atoms with Gasteiger partial charge in [-0.25, -0.2) is 0 Å². The van der Waals surface area contributed by atoms with E-state index in [-0.39, 0.29) is 49.4 Å². The van der Waals surface area contributed by atoms with Gasteiger partial charge in [0.15, 0.2) is 0 Å². The Morgan fingerprint density at radius 3 is 2.04 bits per heavy atom. The summed E-state index contributed by atoms with van der Waals surface area (Å²) in [5, 5.41) is 3.44. The average Bonchev–Trinajstić information content (AvgIpc) is 2.91. The maximum Gasteiger partial charge on any atom is 0.394 e. The van der Waals surface area contributed by atoms with Crippen molar-refractivity contribution in [2.45, 2.75) is 57.5 Å². The summed E-state index contributed by atoms with van der Waals surface area (Å²) in [4.78, 5) is 15.5. The Morgan fingerprint density at radius 1 is 0.963 bits per heavy atom. The fourth-order valence-corrected chi connectivity index (χ4v) is 7.60. The summed E-state index contributed by atoms with van der Waals surface area (Å²) in [5.74, 6) is 1.51. The fraction of sp³-hybridized carbons (Fsp3) is 0.950. The number of hydrogen-bond acceptors (Lipinski definition) is 2. The third kappa shape index (κ3) is 3.00. The van der Waals surface area contributed by atoms with Gasteiger partial charge in [0.25, 0.3) is 0 Å². The van der Waals surface area contributed by atoms with Crippen LogP contribution in [0.2, 0.25) is 0 Å². The van der Waals surface area contributed by atoms with Crippen LogP contribution >= 0.6 is 12.4 Å². The summed E-state index contributed by atoms with van der Waals surface area (Å²) in [7, 11) is 0. The van der Waals surface area contributed by atoms with Crippen molar-refractivity contribution >= 4 is 18.3 Å². The van der Waals surface area contributed by atoms with Gasteiger partial charge in [-0.15, -0.1) is 12.4 Å². The van der Waals surface area contributed by atoms with Gasteiger partial charge in [-0.05, 0) is 88.1 Å². The average molecular weight is 407 g/mol. The monoisotopic (exact) mass is 406 g/mol. The smallest absolute Gasteiger partial charge is 0.342 e. The molecule has 3 nitrogen and oxygen atoms in total. The van der Waals surface area contributed by atoms with Crippen LogP contribution in [0.1, 0.15) is 51.4 Å². The molecule has 4 atom stereocenters. The van der Waals surface area contributed by atoms with Gasteiger partial charge in [-0.2, -0.15) is 13.2 Å². The number of alkyl halides is 3. The van der Waals surface area contributed by atoms with Gasteiger partial charge in [0.1, 0.15) is 0 Å². The highest BCUT2D eigenvalue weighted by Gasteiger charge is 2.69. The Bertz CT molecular complexity index is 583. The van der Waals surface area contributed by atoms with Gasteiger partial charge in [0.2, 0.25) is 5.91 Å². The lowest BCUT2D eigenvalue weighted by Gasteiger charge is -2.62. The Labute approximate surface area is 165 Å². The molecule has 7 heteroatoms. The molecule has 0 radical (unpaired) electrons. The van der Waals surface area contributed by atoms with Crippen LogP contribution in [-0.4, -0.2) is 43.2 Å². The van der Waals surface area contributed by atoms with Crippen LogP contribution in [0.5, 0.6) is 0 Å². The molecule has 4 bridgehead atoms. The molecule has 2 heterocycles. The SMILES string of the molecule is Cl.O=C(N1CC[C@@H]2CNC[C@@H]2CC1)C12CC3CC(C1)CC(C(F)(F)F)(C3)C2. The zero-order chi connectivity index (χ0) is 18.2. The van der Waals surface area contributed by atoms with E-state index in [0.717, 1.165) is 45.4 Å². The molecule has 154 valence electrons. The van der Waals surface area contributed by atoms with Crippen molar-refractivity contribution in [3.63, 3.8) is 0 Å². The molecule has 0 spiro atoms. The second kappa shape index (κ2) is 6.51. The lowest BCUT2D eigenvalue weighted by Crippen LogP contribution is -2.61. The highest BCUT2D eigenvalue weighted by Crippen LogP contribution is 2.69. The summed E-state index contributed by atoms with van der Waals surface area (Å²) in [6.45, 7) is 3.52. The van der Waals surface area contributed by atoms with Gasteiger partial charge in [-0.1, -0.05) is 0 Å². The summed E-state index contributed by atoms with van der Waals surface area (Å²) in [6.07, 6.45) is 0.708. The number of fused-ring (bicyclic) bond motifs is 1. The van der Waals surface area contributed by atoms with Gasteiger partial charge < -0.3 is 10.2 Å². The van der Waals surface area contributed by atoms with E-state index in [1.54, 1.807) is 0 Å². The Hall–Kier alpha value is -0.490. The number of likely N-dealkylation sites (tertiary alicyclic amines) is 1. The Morgan fingerprint density at radius 2 is 1.52 bits per heavy atom. The molecule has 2 saturated heterocycles. The summed E-state index contributed by atoms with van der Waals surface area (Å²) < 4.78 is 41.9. The van der Waals surface area contributed by atoms with Crippen LogP contribution in [0.4, 0.5) is 13.2 Å². The first-order chi connectivity index (χ1) is 12.3. The topological polar surface area (TPSA) is 32.3 Å². The quantitative estimate of drug-likeness (QED) is 0.713. The fourth-order valence-electron chi connectivity index (χ4n) is 7.60. The van der Waals surface area contributed by atoms with Crippen LogP contribution in [0, 0.1) is 34.5 Å². The third-order valence-corrected chi connectivity index (χ3v) is 8.42. The number of carbonyl (C=O) groups excluding carboxylic acids is 1. The third-order valence-electron chi connectivity index (χ3n) is 8.42. The van der Waals surface area contributed by atoms with Crippen molar-refractivity contribution in [3.8, 4) is 0 Å². The molecule has 0 aromatic carbocycles. The van der Waals surface area contributed by atoms with E-state index in [1.165, 1.54) is 0 Å². The number of amides is 1. The minimum atomic E-state index is -4.17. The number of carbonyl (C=O) groups is 1. The second-order valence-corrected chi connectivity index (χ2v) is 10.1. The normalized spacial score (nSPS) is 46.0.